The summed E-state index contributed by atoms with van der Waals surface area (Å²) in [5.74, 6) is 0.786. The van der Waals surface area contributed by atoms with Gasteiger partial charge in [-0.2, -0.15) is 0 Å². The molecule has 0 aliphatic heterocycles. The number of hydrogen-bond acceptors (Lipinski definition) is 5. The Morgan fingerprint density at radius 1 is 1.04 bits per heavy atom. The van der Waals surface area contributed by atoms with E-state index in [4.69, 9.17) is 9.15 Å². The molecule has 134 valence electrons. The minimum Gasteiger partial charge on any atom is -0.497 e. The molecule has 27 heavy (non-hydrogen) atoms. The molecule has 1 heterocycles. The van der Waals surface area contributed by atoms with Crippen molar-refractivity contribution in [3.8, 4) is 17.2 Å². The number of ether oxygens (including phenoxy) is 1. The number of aromatic nitrogens is 2. The molecule has 1 aromatic heterocycles. The van der Waals surface area contributed by atoms with Crippen LogP contribution in [0.2, 0.25) is 0 Å². The normalized spacial score (nSPS) is 10.7. The summed E-state index contributed by atoms with van der Waals surface area (Å²) in [7, 11) is 1.59. The lowest BCUT2D eigenvalue weighted by Crippen LogP contribution is -2.14. The van der Waals surface area contributed by atoms with Crippen molar-refractivity contribution in [2.75, 3.05) is 12.4 Å². The van der Waals surface area contributed by atoms with Crippen LogP contribution in [0.5, 0.6) is 5.75 Å². The van der Waals surface area contributed by atoms with Gasteiger partial charge in [0.05, 0.1) is 13.5 Å². The molecule has 3 aromatic carbocycles. The van der Waals surface area contributed by atoms with Gasteiger partial charge in [-0.05, 0) is 34.5 Å². The molecule has 0 saturated heterocycles. The second-order valence-corrected chi connectivity index (χ2v) is 6.01. The first-order valence-corrected chi connectivity index (χ1v) is 8.47. The molecule has 0 saturated carbocycles. The number of nitrogens with one attached hydrogen (secondary N) is 1. The molecule has 0 bridgehead atoms. The van der Waals surface area contributed by atoms with Gasteiger partial charge in [-0.3, -0.25) is 10.1 Å². The summed E-state index contributed by atoms with van der Waals surface area (Å²) in [4.78, 5) is 12.4. The lowest BCUT2D eigenvalue weighted by atomic mass is 10.0. The number of rotatable bonds is 5. The van der Waals surface area contributed by atoms with E-state index >= 15 is 0 Å². The van der Waals surface area contributed by atoms with Gasteiger partial charge in [0.2, 0.25) is 11.8 Å². The zero-order valence-corrected chi connectivity index (χ0v) is 14.7. The Hall–Kier alpha value is -3.67. The summed E-state index contributed by atoms with van der Waals surface area (Å²) in [6.45, 7) is 0. The van der Waals surface area contributed by atoms with Gasteiger partial charge in [-0.15, -0.1) is 5.10 Å². The molecule has 0 fully saturated rings. The Morgan fingerprint density at radius 3 is 2.74 bits per heavy atom. The molecule has 4 rings (SSSR count). The Kier molecular flexibility index (Phi) is 4.53. The third-order valence-electron chi connectivity index (χ3n) is 4.22. The van der Waals surface area contributed by atoms with Crippen molar-refractivity contribution in [2.24, 2.45) is 0 Å². The second kappa shape index (κ2) is 7.29. The van der Waals surface area contributed by atoms with Gasteiger partial charge in [-0.25, -0.2) is 0 Å². The first-order valence-electron chi connectivity index (χ1n) is 8.47. The van der Waals surface area contributed by atoms with Gasteiger partial charge in [0.15, 0.2) is 0 Å². The van der Waals surface area contributed by atoms with Gasteiger partial charge >= 0.3 is 6.01 Å². The molecule has 0 spiro atoms. The monoisotopic (exact) mass is 359 g/mol. The minimum absolute atomic E-state index is 0.0676. The lowest BCUT2D eigenvalue weighted by Gasteiger charge is -2.05. The number of hydrogen-bond donors (Lipinski definition) is 1. The van der Waals surface area contributed by atoms with Crippen molar-refractivity contribution in [3.05, 3.63) is 72.3 Å². The van der Waals surface area contributed by atoms with Crippen molar-refractivity contribution >= 4 is 22.7 Å². The van der Waals surface area contributed by atoms with Crippen LogP contribution in [0.15, 0.2) is 71.1 Å². The van der Waals surface area contributed by atoms with E-state index in [0.717, 1.165) is 21.9 Å². The molecule has 1 N–H and O–H groups in total. The zero-order valence-electron chi connectivity index (χ0n) is 14.7. The lowest BCUT2D eigenvalue weighted by molar-refractivity contribution is -0.115. The zero-order chi connectivity index (χ0) is 18.6. The van der Waals surface area contributed by atoms with Crippen molar-refractivity contribution in [1.82, 2.24) is 10.2 Å². The number of fused-ring (bicyclic) bond motifs is 1. The first-order chi connectivity index (χ1) is 13.2. The standard InChI is InChI=1S/C21H17N3O3/c1-26-17-10-5-9-16(12-17)20-23-24-21(27-20)22-19(25)13-15-8-4-7-14-6-2-3-11-18(14)15/h2-12H,13H2,1H3,(H,22,24,25). The predicted molar refractivity (Wildman–Crippen MR) is 103 cm³/mol. The Labute approximate surface area is 155 Å². The van der Waals surface area contributed by atoms with E-state index in [1.807, 2.05) is 60.7 Å². The van der Waals surface area contributed by atoms with Crippen LogP contribution in [0.25, 0.3) is 22.2 Å². The molecule has 0 aliphatic rings. The third-order valence-corrected chi connectivity index (χ3v) is 4.22. The number of amides is 1. The molecule has 0 atom stereocenters. The molecule has 1 amide bonds. The summed E-state index contributed by atoms with van der Waals surface area (Å²) < 4.78 is 10.7. The first kappa shape index (κ1) is 16.8. The number of anilines is 1. The highest BCUT2D eigenvalue weighted by Crippen LogP contribution is 2.24. The molecule has 6 nitrogen and oxygen atoms in total. The minimum atomic E-state index is -0.216. The van der Waals surface area contributed by atoms with Crippen LogP contribution in [-0.4, -0.2) is 23.2 Å². The molecule has 4 aromatic rings. The van der Waals surface area contributed by atoms with Gasteiger partial charge in [0.25, 0.3) is 0 Å². The molecule has 0 unspecified atom stereocenters. The number of nitrogens with zero attached hydrogens (tertiary/aromatic N) is 2. The average Bonchev–Trinajstić information content (AvgIpc) is 3.17. The Balaban J connectivity index is 1.49. The molecular formula is C21H17N3O3. The smallest absolute Gasteiger partial charge is 0.322 e. The fourth-order valence-electron chi connectivity index (χ4n) is 2.93. The third kappa shape index (κ3) is 3.64. The van der Waals surface area contributed by atoms with Crippen LogP contribution in [0.4, 0.5) is 6.01 Å². The van der Waals surface area contributed by atoms with E-state index in [1.165, 1.54) is 0 Å². The summed E-state index contributed by atoms with van der Waals surface area (Å²) in [6, 6.07) is 21.2. The van der Waals surface area contributed by atoms with E-state index < -0.39 is 0 Å². The van der Waals surface area contributed by atoms with Crippen LogP contribution in [-0.2, 0) is 11.2 Å². The molecular weight excluding hydrogens is 342 g/mol. The highest BCUT2D eigenvalue weighted by atomic mass is 16.5. The van der Waals surface area contributed by atoms with Crippen LogP contribution in [0, 0.1) is 0 Å². The summed E-state index contributed by atoms with van der Waals surface area (Å²) in [6.07, 6.45) is 0.220. The molecule has 0 aliphatic carbocycles. The van der Waals surface area contributed by atoms with Crippen molar-refractivity contribution in [2.45, 2.75) is 6.42 Å². The van der Waals surface area contributed by atoms with Crippen molar-refractivity contribution in [1.29, 1.82) is 0 Å². The topological polar surface area (TPSA) is 77.3 Å². The number of methoxy groups -OCH3 is 1. The summed E-state index contributed by atoms with van der Waals surface area (Å²) >= 11 is 0. The summed E-state index contributed by atoms with van der Waals surface area (Å²) in [5, 5.41) is 12.7. The van der Waals surface area contributed by atoms with Gasteiger partial charge in [-0.1, -0.05) is 53.6 Å². The highest BCUT2D eigenvalue weighted by molar-refractivity contribution is 5.95. The van der Waals surface area contributed by atoms with Crippen LogP contribution < -0.4 is 10.1 Å². The maximum Gasteiger partial charge on any atom is 0.322 e. The second-order valence-electron chi connectivity index (χ2n) is 6.01. The van der Waals surface area contributed by atoms with E-state index in [9.17, 15) is 4.79 Å². The van der Waals surface area contributed by atoms with E-state index in [1.54, 1.807) is 13.2 Å². The van der Waals surface area contributed by atoms with Crippen LogP contribution in [0.3, 0.4) is 0 Å². The molecule has 6 heteroatoms. The highest BCUT2D eigenvalue weighted by Gasteiger charge is 2.13. The Morgan fingerprint density at radius 2 is 1.85 bits per heavy atom. The van der Waals surface area contributed by atoms with Gasteiger partial charge in [0.1, 0.15) is 5.75 Å². The number of benzene rings is 3. The number of carbonyl (C=O) groups excluding carboxylic acids is 1. The number of carbonyl (C=O) groups is 1. The fourth-order valence-corrected chi connectivity index (χ4v) is 2.93. The van der Waals surface area contributed by atoms with E-state index in [2.05, 4.69) is 15.5 Å². The largest absolute Gasteiger partial charge is 0.497 e. The van der Waals surface area contributed by atoms with Gasteiger partial charge in [0, 0.05) is 5.56 Å². The maximum atomic E-state index is 12.4. The van der Waals surface area contributed by atoms with Crippen molar-refractivity contribution < 1.29 is 13.9 Å². The average molecular weight is 359 g/mol. The molecule has 0 radical (unpaired) electrons. The summed E-state index contributed by atoms with van der Waals surface area (Å²) in [5.41, 5.74) is 1.66. The SMILES string of the molecule is COc1cccc(-c2nnc(NC(=O)Cc3cccc4ccccc34)o2)c1. The van der Waals surface area contributed by atoms with E-state index in [-0.39, 0.29) is 18.3 Å². The van der Waals surface area contributed by atoms with Crippen LogP contribution in [0.1, 0.15) is 5.56 Å². The van der Waals surface area contributed by atoms with Gasteiger partial charge < -0.3 is 9.15 Å². The Bertz CT molecular complexity index is 1100. The maximum absolute atomic E-state index is 12.4. The van der Waals surface area contributed by atoms with Crippen LogP contribution >= 0.6 is 0 Å². The quantitative estimate of drug-likeness (QED) is 0.581. The predicted octanol–water partition coefficient (Wildman–Crippen LogP) is 4.08. The van der Waals surface area contributed by atoms with Crippen molar-refractivity contribution in [3.63, 3.8) is 0 Å². The fraction of sp³-hybridized carbons (Fsp3) is 0.0952. The van der Waals surface area contributed by atoms with E-state index in [0.29, 0.717) is 11.6 Å².